The third kappa shape index (κ3) is 2.42. The number of hydrogen-bond acceptors (Lipinski definition) is 3. The number of nitrogens with one attached hydrogen (secondary N) is 2. The van der Waals surface area contributed by atoms with E-state index in [0.717, 1.165) is 5.56 Å². The molecule has 4 nitrogen and oxygen atoms in total. The van der Waals surface area contributed by atoms with Gasteiger partial charge in [0.25, 0.3) is 5.91 Å². The molecule has 0 radical (unpaired) electrons. The number of carbonyl (C=O) groups excluding carboxylic acids is 1. The summed E-state index contributed by atoms with van der Waals surface area (Å²) in [5.41, 5.74) is 2.97. The predicted octanol–water partition coefficient (Wildman–Crippen LogP) is 3.25. The van der Waals surface area contributed by atoms with Crippen LogP contribution in [0.15, 0.2) is 36.4 Å². The summed E-state index contributed by atoms with van der Waals surface area (Å²) in [4.78, 5) is 12.1. The summed E-state index contributed by atoms with van der Waals surface area (Å²) in [6, 6.07) is 9.28. The first-order valence-electron chi connectivity index (χ1n) is 6.60. The zero-order valence-corrected chi connectivity index (χ0v) is 11.7. The molecule has 0 saturated heterocycles. The Morgan fingerprint density at radius 1 is 1.24 bits per heavy atom. The number of anilines is 2. The number of amides is 1. The number of rotatable bonds is 3. The van der Waals surface area contributed by atoms with Crippen LogP contribution in [0.4, 0.5) is 15.8 Å². The molecule has 2 aromatic carbocycles. The van der Waals surface area contributed by atoms with Crippen molar-refractivity contribution in [2.24, 2.45) is 0 Å². The van der Waals surface area contributed by atoms with Gasteiger partial charge in [-0.15, -0.1) is 0 Å². The van der Waals surface area contributed by atoms with Gasteiger partial charge < -0.3 is 15.4 Å². The molecule has 1 aliphatic rings. The van der Waals surface area contributed by atoms with Gasteiger partial charge in [-0.05, 0) is 42.8 Å². The van der Waals surface area contributed by atoms with Crippen LogP contribution in [0.5, 0.6) is 5.75 Å². The van der Waals surface area contributed by atoms with Gasteiger partial charge in [-0.3, -0.25) is 4.79 Å². The van der Waals surface area contributed by atoms with Crippen LogP contribution in [0.25, 0.3) is 0 Å². The van der Waals surface area contributed by atoms with Gasteiger partial charge in [0.05, 0.1) is 12.8 Å². The number of methoxy groups -OCH3 is 1. The van der Waals surface area contributed by atoms with E-state index in [-0.39, 0.29) is 11.7 Å². The summed E-state index contributed by atoms with van der Waals surface area (Å²) in [6.07, 6.45) is 0. The Hall–Kier alpha value is -2.56. The smallest absolute Gasteiger partial charge is 0.251 e. The van der Waals surface area contributed by atoms with Crippen molar-refractivity contribution >= 4 is 17.3 Å². The van der Waals surface area contributed by atoms with Crippen molar-refractivity contribution in [1.82, 2.24) is 0 Å². The van der Waals surface area contributed by atoms with Crippen LogP contribution in [-0.4, -0.2) is 13.0 Å². The van der Waals surface area contributed by atoms with E-state index in [4.69, 9.17) is 4.74 Å². The zero-order valence-electron chi connectivity index (χ0n) is 11.7. The Labute approximate surface area is 121 Å². The van der Waals surface area contributed by atoms with Crippen LogP contribution in [0.2, 0.25) is 0 Å². The summed E-state index contributed by atoms with van der Waals surface area (Å²) in [5, 5.41) is 5.87. The Morgan fingerprint density at radius 2 is 2.05 bits per heavy atom. The first kappa shape index (κ1) is 13.4. The lowest BCUT2D eigenvalue weighted by molar-refractivity contribution is -0.116. The number of hydrogen-bond donors (Lipinski definition) is 2. The Balaban J connectivity index is 1.98. The number of carbonyl (C=O) groups is 1. The second kappa shape index (κ2) is 5.09. The van der Waals surface area contributed by atoms with E-state index in [1.165, 1.54) is 12.1 Å². The third-order valence-electron chi connectivity index (χ3n) is 3.50. The predicted molar refractivity (Wildman–Crippen MR) is 79.1 cm³/mol. The highest BCUT2D eigenvalue weighted by Gasteiger charge is 2.31. The molecule has 1 amide bonds. The second-order valence-electron chi connectivity index (χ2n) is 5.00. The van der Waals surface area contributed by atoms with Crippen molar-refractivity contribution in [3.05, 3.63) is 53.3 Å². The van der Waals surface area contributed by atoms with Crippen molar-refractivity contribution in [2.75, 3.05) is 17.7 Å². The minimum Gasteiger partial charge on any atom is -0.495 e. The first-order chi connectivity index (χ1) is 10.1. The highest BCUT2D eigenvalue weighted by molar-refractivity contribution is 6.04. The number of aryl methyl sites for hydroxylation is 1. The molecule has 1 atom stereocenters. The Kier molecular flexibility index (Phi) is 3.25. The molecule has 0 bridgehead atoms. The van der Waals surface area contributed by atoms with Crippen LogP contribution in [0.3, 0.4) is 0 Å². The van der Waals surface area contributed by atoms with Crippen LogP contribution in [-0.2, 0) is 4.79 Å². The highest BCUT2D eigenvalue weighted by Crippen LogP contribution is 2.36. The van der Waals surface area contributed by atoms with Gasteiger partial charge in [-0.2, -0.15) is 0 Å². The van der Waals surface area contributed by atoms with E-state index in [9.17, 15) is 9.18 Å². The lowest BCUT2D eigenvalue weighted by atomic mass is 10.1. The molecule has 0 saturated carbocycles. The second-order valence-corrected chi connectivity index (χ2v) is 5.00. The molecule has 21 heavy (non-hydrogen) atoms. The Bertz CT molecular complexity index is 715. The standard InChI is InChI=1S/C16H15FN2O2/c1-9-3-6-14(21-2)13(7-9)18-15-11-8-10(17)4-5-12(11)19-16(15)20/h3-8,15,18H,1-2H3,(H,19,20). The molecule has 108 valence electrons. The van der Waals surface area contributed by atoms with Gasteiger partial charge in [0, 0.05) is 11.3 Å². The molecule has 0 aliphatic carbocycles. The van der Waals surface area contributed by atoms with Crippen LogP contribution in [0.1, 0.15) is 17.2 Å². The van der Waals surface area contributed by atoms with Gasteiger partial charge in [-0.1, -0.05) is 6.07 Å². The molecule has 5 heteroatoms. The van der Waals surface area contributed by atoms with E-state index in [0.29, 0.717) is 22.7 Å². The number of ether oxygens (including phenoxy) is 1. The van der Waals surface area contributed by atoms with Crippen molar-refractivity contribution < 1.29 is 13.9 Å². The molecular weight excluding hydrogens is 271 g/mol. The van der Waals surface area contributed by atoms with Gasteiger partial charge in [0.2, 0.25) is 0 Å². The average molecular weight is 286 g/mol. The minimum absolute atomic E-state index is 0.209. The summed E-state index contributed by atoms with van der Waals surface area (Å²) in [6.45, 7) is 1.95. The third-order valence-corrected chi connectivity index (χ3v) is 3.50. The topological polar surface area (TPSA) is 50.4 Å². The van der Waals surface area contributed by atoms with Gasteiger partial charge in [-0.25, -0.2) is 4.39 Å². The molecule has 0 aromatic heterocycles. The van der Waals surface area contributed by atoms with E-state index in [1.54, 1.807) is 13.2 Å². The monoisotopic (exact) mass is 286 g/mol. The van der Waals surface area contributed by atoms with Crippen LogP contribution in [0, 0.1) is 12.7 Å². The van der Waals surface area contributed by atoms with Crippen molar-refractivity contribution in [3.8, 4) is 5.75 Å². The van der Waals surface area contributed by atoms with E-state index >= 15 is 0 Å². The number of fused-ring (bicyclic) bond motifs is 1. The van der Waals surface area contributed by atoms with Gasteiger partial charge in [0.15, 0.2) is 0 Å². The van der Waals surface area contributed by atoms with Crippen molar-refractivity contribution in [1.29, 1.82) is 0 Å². The highest BCUT2D eigenvalue weighted by atomic mass is 19.1. The summed E-state index contributed by atoms with van der Waals surface area (Å²) >= 11 is 0. The van der Waals surface area contributed by atoms with E-state index < -0.39 is 6.04 Å². The molecule has 0 spiro atoms. The maximum Gasteiger partial charge on any atom is 0.251 e. The fourth-order valence-electron chi connectivity index (χ4n) is 2.47. The maximum atomic E-state index is 13.4. The maximum absolute atomic E-state index is 13.4. The van der Waals surface area contributed by atoms with Crippen LogP contribution >= 0.6 is 0 Å². The quantitative estimate of drug-likeness (QED) is 0.910. The number of benzene rings is 2. The molecule has 1 aliphatic heterocycles. The lowest BCUT2D eigenvalue weighted by Gasteiger charge is -2.16. The van der Waals surface area contributed by atoms with Crippen molar-refractivity contribution in [2.45, 2.75) is 13.0 Å². The normalized spacial score (nSPS) is 16.3. The summed E-state index contributed by atoms with van der Waals surface area (Å²) in [5.74, 6) is 0.0608. The molecule has 0 fully saturated rings. The van der Waals surface area contributed by atoms with Gasteiger partial charge >= 0.3 is 0 Å². The lowest BCUT2D eigenvalue weighted by Crippen LogP contribution is -2.20. The number of halogens is 1. The molecule has 3 rings (SSSR count). The molecular formula is C16H15FN2O2. The first-order valence-corrected chi connectivity index (χ1v) is 6.60. The fraction of sp³-hybridized carbons (Fsp3) is 0.188. The summed E-state index contributed by atoms with van der Waals surface area (Å²) in [7, 11) is 1.57. The molecule has 1 unspecified atom stereocenters. The molecule has 1 heterocycles. The van der Waals surface area contributed by atoms with E-state index in [2.05, 4.69) is 10.6 Å². The van der Waals surface area contributed by atoms with Gasteiger partial charge in [0.1, 0.15) is 17.6 Å². The minimum atomic E-state index is -0.633. The van der Waals surface area contributed by atoms with Crippen molar-refractivity contribution in [3.63, 3.8) is 0 Å². The Morgan fingerprint density at radius 3 is 2.81 bits per heavy atom. The van der Waals surface area contributed by atoms with Crippen LogP contribution < -0.4 is 15.4 Å². The molecule has 2 N–H and O–H groups in total. The fourth-order valence-corrected chi connectivity index (χ4v) is 2.47. The van der Waals surface area contributed by atoms with E-state index in [1.807, 2.05) is 25.1 Å². The summed E-state index contributed by atoms with van der Waals surface area (Å²) < 4.78 is 18.7. The average Bonchev–Trinajstić information content (AvgIpc) is 2.75. The largest absolute Gasteiger partial charge is 0.495 e. The molecule has 2 aromatic rings. The zero-order chi connectivity index (χ0) is 15.0. The SMILES string of the molecule is COc1ccc(C)cc1NC1C(=O)Nc2ccc(F)cc21.